The fraction of sp³-hybridized carbons (Fsp3) is 0.333. The van der Waals surface area contributed by atoms with Gasteiger partial charge in [0.1, 0.15) is 11.4 Å². The van der Waals surface area contributed by atoms with Gasteiger partial charge in [-0.15, -0.1) is 0 Å². The summed E-state index contributed by atoms with van der Waals surface area (Å²) in [5.74, 6) is 0.647. The van der Waals surface area contributed by atoms with Crippen LogP contribution in [0.15, 0.2) is 29.1 Å². The third-order valence-electron chi connectivity index (χ3n) is 3.79. The summed E-state index contributed by atoms with van der Waals surface area (Å²) in [6.07, 6.45) is 4.33. The van der Waals surface area contributed by atoms with Crippen molar-refractivity contribution >= 4 is 11.6 Å². The molecule has 0 atom stereocenters. The molecule has 2 N–H and O–H groups in total. The zero-order valence-corrected chi connectivity index (χ0v) is 11.7. The summed E-state index contributed by atoms with van der Waals surface area (Å²) >= 11 is 5.83. The van der Waals surface area contributed by atoms with Gasteiger partial charge in [0.05, 0.1) is 0 Å². The van der Waals surface area contributed by atoms with Crippen LogP contribution in [0.5, 0.6) is 5.88 Å². The van der Waals surface area contributed by atoms with Crippen LogP contribution in [0.4, 0.5) is 0 Å². The minimum atomic E-state index is -0.304. The number of aromatic amines is 1. The SMILES string of the molecule is O=c1[nH]c(C2CCCC2)nc(O)c1-c1ccc(Cl)cc1. The Morgan fingerprint density at radius 2 is 1.85 bits per heavy atom. The highest BCUT2D eigenvalue weighted by Crippen LogP contribution is 2.33. The van der Waals surface area contributed by atoms with E-state index in [2.05, 4.69) is 9.97 Å². The molecule has 1 heterocycles. The van der Waals surface area contributed by atoms with E-state index < -0.39 is 0 Å². The van der Waals surface area contributed by atoms with Crippen molar-refractivity contribution in [3.63, 3.8) is 0 Å². The van der Waals surface area contributed by atoms with Gasteiger partial charge < -0.3 is 10.1 Å². The minimum absolute atomic E-state index is 0.198. The summed E-state index contributed by atoms with van der Waals surface area (Å²) in [5, 5.41) is 10.7. The van der Waals surface area contributed by atoms with E-state index >= 15 is 0 Å². The van der Waals surface area contributed by atoms with Gasteiger partial charge in [-0.25, -0.2) is 0 Å². The number of hydrogen-bond acceptors (Lipinski definition) is 3. The Bertz CT molecular complexity index is 673. The fourth-order valence-electron chi connectivity index (χ4n) is 2.75. The predicted molar refractivity (Wildman–Crippen MR) is 78.2 cm³/mol. The topological polar surface area (TPSA) is 66.0 Å². The Kier molecular flexibility index (Phi) is 3.49. The van der Waals surface area contributed by atoms with Crippen molar-refractivity contribution in [2.45, 2.75) is 31.6 Å². The number of halogens is 1. The maximum absolute atomic E-state index is 12.2. The Morgan fingerprint density at radius 1 is 1.20 bits per heavy atom. The van der Waals surface area contributed by atoms with E-state index in [4.69, 9.17) is 11.6 Å². The molecule has 0 radical (unpaired) electrons. The number of hydrogen-bond donors (Lipinski definition) is 2. The Morgan fingerprint density at radius 3 is 2.45 bits per heavy atom. The van der Waals surface area contributed by atoms with Gasteiger partial charge in [-0.2, -0.15) is 4.98 Å². The molecule has 0 amide bonds. The van der Waals surface area contributed by atoms with Gasteiger partial charge in [0.2, 0.25) is 5.88 Å². The maximum atomic E-state index is 12.2. The number of rotatable bonds is 2. The lowest BCUT2D eigenvalue weighted by Crippen LogP contribution is -2.15. The van der Waals surface area contributed by atoms with Crippen molar-refractivity contribution in [3.05, 3.63) is 45.5 Å². The van der Waals surface area contributed by atoms with E-state index in [1.807, 2.05) is 0 Å². The molecule has 0 unspecified atom stereocenters. The zero-order valence-electron chi connectivity index (χ0n) is 10.9. The molecule has 20 heavy (non-hydrogen) atoms. The Balaban J connectivity index is 2.04. The second-order valence-electron chi connectivity index (χ2n) is 5.14. The first-order chi connectivity index (χ1) is 9.65. The molecule has 1 aliphatic rings. The summed E-state index contributed by atoms with van der Waals surface area (Å²) < 4.78 is 0. The lowest BCUT2D eigenvalue weighted by atomic mass is 10.1. The Hall–Kier alpha value is -1.81. The highest BCUT2D eigenvalue weighted by Gasteiger charge is 2.22. The predicted octanol–water partition coefficient (Wildman–Crippen LogP) is 3.45. The van der Waals surface area contributed by atoms with E-state index in [-0.39, 0.29) is 22.9 Å². The lowest BCUT2D eigenvalue weighted by molar-refractivity contribution is 0.446. The molecule has 5 heteroatoms. The average molecular weight is 291 g/mol. The third-order valence-corrected chi connectivity index (χ3v) is 4.05. The van der Waals surface area contributed by atoms with E-state index in [1.165, 1.54) is 0 Å². The number of nitrogens with zero attached hydrogens (tertiary/aromatic N) is 1. The van der Waals surface area contributed by atoms with Crippen molar-refractivity contribution in [1.29, 1.82) is 0 Å². The van der Waals surface area contributed by atoms with E-state index in [1.54, 1.807) is 24.3 Å². The smallest absolute Gasteiger partial charge is 0.262 e. The summed E-state index contributed by atoms with van der Waals surface area (Å²) in [7, 11) is 0. The van der Waals surface area contributed by atoms with Crippen LogP contribution in [0, 0.1) is 0 Å². The molecule has 0 bridgehead atoms. The summed E-state index contributed by atoms with van der Waals surface area (Å²) in [5.41, 5.74) is 0.503. The molecule has 1 aliphatic carbocycles. The minimum Gasteiger partial charge on any atom is -0.493 e. The molecule has 4 nitrogen and oxygen atoms in total. The molecule has 0 aliphatic heterocycles. The zero-order chi connectivity index (χ0) is 14.1. The van der Waals surface area contributed by atoms with E-state index in [0.717, 1.165) is 25.7 Å². The first-order valence-electron chi connectivity index (χ1n) is 6.74. The normalized spacial score (nSPS) is 15.7. The van der Waals surface area contributed by atoms with Crippen molar-refractivity contribution in [1.82, 2.24) is 9.97 Å². The van der Waals surface area contributed by atoms with Crippen LogP contribution in [-0.2, 0) is 0 Å². The number of aromatic nitrogens is 2. The van der Waals surface area contributed by atoms with Gasteiger partial charge in [0.25, 0.3) is 5.56 Å². The fourth-order valence-corrected chi connectivity index (χ4v) is 2.87. The monoisotopic (exact) mass is 290 g/mol. The van der Waals surface area contributed by atoms with Crippen molar-refractivity contribution in [3.8, 4) is 17.0 Å². The molecule has 0 spiro atoms. The third kappa shape index (κ3) is 2.43. The van der Waals surface area contributed by atoms with E-state index in [0.29, 0.717) is 16.4 Å². The van der Waals surface area contributed by atoms with Gasteiger partial charge in [0.15, 0.2) is 0 Å². The van der Waals surface area contributed by atoms with Gasteiger partial charge in [-0.1, -0.05) is 36.6 Å². The van der Waals surface area contributed by atoms with Gasteiger partial charge in [-0.3, -0.25) is 4.79 Å². The first kappa shape index (κ1) is 13.2. The molecular formula is C15H15ClN2O2. The number of benzene rings is 1. The lowest BCUT2D eigenvalue weighted by Gasteiger charge is -2.10. The number of nitrogens with one attached hydrogen (secondary N) is 1. The number of H-pyrrole nitrogens is 1. The highest BCUT2D eigenvalue weighted by atomic mass is 35.5. The highest BCUT2D eigenvalue weighted by molar-refractivity contribution is 6.30. The molecule has 104 valence electrons. The molecule has 0 saturated heterocycles. The van der Waals surface area contributed by atoms with Crippen LogP contribution < -0.4 is 5.56 Å². The molecule has 1 saturated carbocycles. The summed E-state index contributed by atoms with van der Waals surface area (Å²) in [6.45, 7) is 0. The molecular weight excluding hydrogens is 276 g/mol. The van der Waals surface area contributed by atoms with Gasteiger partial charge in [0, 0.05) is 10.9 Å². The standard InChI is InChI=1S/C15H15ClN2O2/c16-11-7-5-9(6-8-11)12-14(19)17-13(18-15(12)20)10-3-1-2-4-10/h5-8,10H,1-4H2,(H2,17,18,19,20). The number of aromatic hydroxyl groups is 1. The van der Waals surface area contributed by atoms with Crippen LogP contribution in [-0.4, -0.2) is 15.1 Å². The van der Waals surface area contributed by atoms with Crippen molar-refractivity contribution in [2.75, 3.05) is 0 Å². The molecule has 1 aromatic heterocycles. The maximum Gasteiger partial charge on any atom is 0.262 e. The molecule has 1 aromatic carbocycles. The van der Waals surface area contributed by atoms with Gasteiger partial charge >= 0.3 is 0 Å². The largest absolute Gasteiger partial charge is 0.493 e. The summed E-state index contributed by atoms with van der Waals surface area (Å²) in [6, 6.07) is 6.76. The van der Waals surface area contributed by atoms with Crippen LogP contribution in [0.3, 0.4) is 0 Å². The second-order valence-corrected chi connectivity index (χ2v) is 5.57. The van der Waals surface area contributed by atoms with Crippen molar-refractivity contribution < 1.29 is 5.11 Å². The first-order valence-corrected chi connectivity index (χ1v) is 7.12. The van der Waals surface area contributed by atoms with Crippen LogP contribution >= 0.6 is 11.6 Å². The summed E-state index contributed by atoms with van der Waals surface area (Å²) in [4.78, 5) is 19.2. The van der Waals surface area contributed by atoms with Crippen LogP contribution in [0.1, 0.15) is 37.4 Å². The van der Waals surface area contributed by atoms with Crippen molar-refractivity contribution in [2.24, 2.45) is 0 Å². The van der Waals surface area contributed by atoms with Crippen LogP contribution in [0.25, 0.3) is 11.1 Å². The quantitative estimate of drug-likeness (QED) is 0.890. The average Bonchev–Trinajstić information content (AvgIpc) is 2.94. The second kappa shape index (κ2) is 5.29. The molecule has 3 rings (SSSR count). The van der Waals surface area contributed by atoms with E-state index in [9.17, 15) is 9.90 Å². The van der Waals surface area contributed by atoms with Crippen LogP contribution in [0.2, 0.25) is 5.02 Å². The van der Waals surface area contributed by atoms with Gasteiger partial charge in [-0.05, 0) is 30.5 Å². The Labute approximate surface area is 121 Å². The molecule has 1 fully saturated rings. The molecule has 2 aromatic rings.